The fourth-order valence-electron chi connectivity index (χ4n) is 1.80. The lowest BCUT2D eigenvalue weighted by Crippen LogP contribution is -2.27. The van der Waals surface area contributed by atoms with Gasteiger partial charge in [-0.05, 0) is 31.5 Å². The first-order chi connectivity index (χ1) is 8.59. The largest absolute Gasteiger partial charge is 0.469 e. The molecule has 2 rings (SSSR count). The highest BCUT2D eigenvalue weighted by Crippen LogP contribution is 2.23. The third-order valence-corrected chi connectivity index (χ3v) is 3.54. The molecule has 3 nitrogen and oxygen atoms in total. The van der Waals surface area contributed by atoms with Gasteiger partial charge in [-0.1, -0.05) is 34.1 Å². The summed E-state index contributed by atoms with van der Waals surface area (Å²) in [5.74, 6) is 0.510. The van der Waals surface area contributed by atoms with Gasteiger partial charge in [-0.3, -0.25) is 4.79 Å². The summed E-state index contributed by atoms with van der Waals surface area (Å²) in [7, 11) is 0. The second-order valence-electron chi connectivity index (χ2n) is 4.11. The Hall–Kier alpha value is -1.55. The van der Waals surface area contributed by atoms with E-state index in [0.717, 1.165) is 10.0 Å². The summed E-state index contributed by atoms with van der Waals surface area (Å²) in [6.07, 6.45) is 1.52. The van der Waals surface area contributed by atoms with E-state index in [1.165, 1.54) is 6.26 Å². The van der Waals surface area contributed by atoms with Gasteiger partial charge in [-0.25, -0.2) is 0 Å². The average Bonchev–Trinajstić information content (AvgIpc) is 2.76. The SMILES string of the molecule is Cc1occc1C(=O)NC(C)c1ccccc1Br. The first-order valence-corrected chi connectivity index (χ1v) is 6.48. The highest BCUT2D eigenvalue weighted by molar-refractivity contribution is 9.10. The van der Waals surface area contributed by atoms with E-state index in [9.17, 15) is 4.79 Å². The first-order valence-electron chi connectivity index (χ1n) is 5.69. The van der Waals surface area contributed by atoms with Crippen molar-refractivity contribution in [1.82, 2.24) is 5.32 Å². The molecule has 0 aliphatic rings. The monoisotopic (exact) mass is 307 g/mol. The van der Waals surface area contributed by atoms with Crippen molar-refractivity contribution in [2.45, 2.75) is 19.9 Å². The van der Waals surface area contributed by atoms with Gasteiger partial charge >= 0.3 is 0 Å². The topological polar surface area (TPSA) is 42.2 Å². The Bertz CT molecular complexity index is 562. The van der Waals surface area contributed by atoms with Crippen molar-refractivity contribution < 1.29 is 9.21 Å². The minimum atomic E-state index is -0.121. The molecule has 0 aliphatic heterocycles. The van der Waals surface area contributed by atoms with Crippen molar-refractivity contribution in [3.63, 3.8) is 0 Å². The van der Waals surface area contributed by atoms with E-state index in [2.05, 4.69) is 21.2 Å². The quantitative estimate of drug-likeness (QED) is 0.936. The summed E-state index contributed by atoms with van der Waals surface area (Å²) in [5.41, 5.74) is 1.63. The zero-order valence-corrected chi connectivity index (χ0v) is 11.8. The van der Waals surface area contributed by atoms with Crippen molar-refractivity contribution in [3.05, 3.63) is 58.0 Å². The number of hydrogen-bond acceptors (Lipinski definition) is 2. The van der Waals surface area contributed by atoms with Crippen molar-refractivity contribution >= 4 is 21.8 Å². The molecule has 0 saturated carbocycles. The van der Waals surface area contributed by atoms with Gasteiger partial charge in [-0.2, -0.15) is 0 Å². The summed E-state index contributed by atoms with van der Waals surface area (Å²) >= 11 is 3.48. The van der Waals surface area contributed by atoms with E-state index in [0.29, 0.717) is 11.3 Å². The lowest BCUT2D eigenvalue weighted by Gasteiger charge is -2.15. The second-order valence-corrected chi connectivity index (χ2v) is 4.96. The zero-order valence-electron chi connectivity index (χ0n) is 10.2. The van der Waals surface area contributed by atoms with Crippen LogP contribution in [0.1, 0.15) is 34.6 Å². The Kier molecular flexibility index (Phi) is 3.87. The average molecular weight is 308 g/mol. The maximum atomic E-state index is 12.0. The molecule has 0 spiro atoms. The number of carbonyl (C=O) groups is 1. The minimum absolute atomic E-state index is 0.0672. The number of benzene rings is 1. The van der Waals surface area contributed by atoms with Gasteiger partial charge in [0.05, 0.1) is 17.9 Å². The molecule has 0 bridgehead atoms. The van der Waals surface area contributed by atoms with E-state index in [4.69, 9.17) is 4.42 Å². The zero-order chi connectivity index (χ0) is 13.1. The van der Waals surface area contributed by atoms with Crippen LogP contribution in [0.2, 0.25) is 0 Å². The molecule has 1 aromatic carbocycles. The normalized spacial score (nSPS) is 12.2. The molecule has 94 valence electrons. The molecule has 18 heavy (non-hydrogen) atoms. The molecule has 1 aromatic heterocycles. The molecule has 1 unspecified atom stereocenters. The van der Waals surface area contributed by atoms with Crippen LogP contribution in [-0.4, -0.2) is 5.91 Å². The van der Waals surface area contributed by atoms with Crippen LogP contribution in [0.15, 0.2) is 45.5 Å². The third-order valence-electron chi connectivity index (χ3n) is 2.82. The predicted octanol–water partition coefficient (Wildman–Crippen LogP) is 3.84. The van der Waals surface area contributed by atoms with Gasteiger partial charge in [0.15, 0.2) is 0 Å². The van der Waals surface area contributed by atoms with Crippen LogP contribution in [0.4, 0.5) is 0 Å². The highest BCUT2D eigenvalue weighted by Gasteiger charge is 2.16. The number of hydrogen-bond donors (Lipinski definition) is 1. The standard InChI is InChI=1S/C14H14BrNO2/c1-9(11-5-3-4-6-13(11)15)16-14(17)12-7-8-18-10(12)2/h3-9H,1-2H3,(H,16,17). The van der Waals surface area contributed by atoms with Crippen LogP contribution in [0.3, 0.4) is 0 Å². The molecule has 0 aliphatic carbocycles. The Morgan fingerprint density at radius 3 is 2.67 bits per heavy atom. The fourth-order valence-corrected chi connectivity index (χ4v) is 2.43. The molecule has 4 heteroatoms. The van der Waals surface area contributed by atoms with Crippen LogP contribution in [0.25, 0.3) is 0 Å². The van der Waals surface area contributed by atoms with Crippen LogP contribution >= 0.6 is 15.9 Å². The minimum Gasteiger partial charge on any atom is -0.469 e. The molecular weight excluding hydrogens is 294 g/mol. The Labute approximate surface area is 114 Å². The number of furan rings is 1. The maximum Gasteiger partial charge on any atom is 0.255 e. The molecule has 1 heterocycles. The van der Waals surface area contributed by atoms with E-state index in [1.54, 1.807) is 13.0 Å². The third kappa shape index (κ3) is 2.64. The van der Waals surface area contributed by atoms with E-state index in [1.807, 2.05) is 31.2 Å². The highest BCUT2D eigenvalue weighted by atomic mass is 79.9. The maximum absolute atomic E-state index is 12.0. The van der Waals surface area contributed by atoms with Crippen LogP contribution < -0.4 is 5.32 Å². The molecule has 0 saturated heterocycles. The van der Waals surface area contributed by atoms with Gasteiger partial charge < -0.3 is 9.73 Å². The molecule has 1 amide bonds. The van der Waals surface area contributed by atoms with E-state index < -0.39 is 0 Å². The van der Waals surface area contributed by atoms with Gasteiger partial charge in [-0.15, -0.1) is 0 Å². The predicted molar refractivity (Wildman–Crippen MR) is 73.5 cm³/mol. The summed E-state index contributed by atoms with van der Waals surface area (Å²) in [5, 5.41) is 2.95. The number of halogens is 1. The Balaban J connectivity index is 2.13. The summed E-state index contributed by atoms with van der Waals surface area (Å²) in [6.45, 7) is 3.73. The number of nitrogens with one attached hydrogen (secondary N) is 1. The summed E-state index contributed by atoms with van der Waals surface area (Å²) in [6, 6.07) is 9.45. The Morgan fingerprint density at radius 2 is 2.06 bits per heavy atom. The molecule has 1 N–H and O–H groups in total. The summed E-state index contributed by atoms with van der Waals surface area (Å²) < 4.78 is 6.11. The van der Waals surface area contributed by atoms with E-state index in [-0.39, 0.29) is 11.9 Å². The summed E-state index contributed by atoms with van der Waals surface area (Å²) in [4.78, 5) is 12.0. The number of rotatable bonds is 3. The molecule has 0 fully saturated rings. The smallest absolute Gasteiger partial charge is 0.255 e. The Morgan fingerprint density at radius 1 is 1.33 bits per heavy atom. The molecule has 2 aromatic rings. The van der Waals surface area contributed by atoms with Gasteiger partial charge in [0.25, 0.3) is 5.91 Å². The van der Waals surface area contributed by atoms with Crippen molar-refractivity contribution in [1.29, 1.82) is 0 Å². The van der Waals surface area contributed by atoms with E-state index >= 15 is 0 Å². The second kappa shape index (κ2) is 5.40. The van der Waals surface area contributed by atoms with Gasteiger partial charge in [0.2, 0.25) is 0 Å². The number of carbonyl (C=O) groups excluding carboxylic acids is 1. The van der Waals surface area contributed by atoms with Crippen molar-refractivity contribution in [2.24, 2.45) is 0 Å². The molecule has 1 atom stereocenters. The number of aryl methyl sites for hydroxylation is 1. The first kappa shape index (κ1) is 12.9. The fraction of sp³-hybridized carbons (Fsp3) is 0.214. The lowest BCUT2D eigenvalue weighted by atomic mass is 10.1. The van der Waals surface area contributed by atoms with Crippen LogP contribution in [-0.2, 0) is 0 Å². The van der Waals surface area contributed by atoms with Crippen LogP contribution in [0.5, 0.6) is 0 Å². The van der Waals surface area contributed by atoms with Crippen molar-refractivity contribution in [3.8, 4) is 0 Å². The van der Waals surface area contributed by atoms with Gasteiger partial charge in [0.1, 0.15) is 5.76 Å². The van der Waals surface area contributed by atoms with Crippen molar-refractivity contribution in [2.75, 3.05) is 0 Å². The lowest BCUT2D eigenvalue weighted by molar-refractivity contribution is 0.0938. The number of amides is 1. The molecule has 0 radical (unpaired) electrons. The van der Waals surface area contributed by atoms with Gasteiger partial charge in [0, 0.05) is 4.47 Å². The molecular formula is C14H14BrNO2. The van der Waals surface area contributed by atoms with Crippen LogP contribution in [0, 0.1) is 6.92 Å².